The van der Waals surface area contributed by atoms with Crippen LogP contribution in [0.2, 0.25) is 0 Å². The summed E-state index contributed by atoms with van der Waals surface area (Å²) in [6, 6.07) is 10.5. The van der Waals surface area contributed by atoms with E-state index in [0.29, 0.717) is 16.3 Å². The Morgan fingerprint density at radius 3 is 2.59 bits per heavy atom. The molecule has 0 saturated carbocycles. The van der Waals surface area contributed by atoms with Crippen molar-refractivity contribution in [3.8, 4) is 0 Å². The van der Waals surface area contributed by atoms with Gasteiger partial charge in [-0.1, -0.05) is 32.0 Å². The average Bonchev–Trinajstić information content (AvgIpc) is 3.10. The lowest BCUT2D eigenvalue weighted by molar-refractivity contribution is -0.146. The number of rotatable bonds is 8. The summed E-state index contributed by atoms with van der Waals surface area (Å²) in [5, 5.41) is 5.11. The van der Waals surface area contributed by atoms with E-state index >= 15 is 0 Å². The number of carbonyl (C=O) groups is 3. The molecule has 1 aromatic heterocycles. The number of carbonyl (C=O) groups excluding carboxylic acids is 3. The first-order valence-electron chi connectivity index (χ1n) is 8.48. The van der Waals surface area contributed by atoms with E-state index in [1.54, 1.807) is 6.07 Å². The van der Waals surface area contributed by atoms with Gasteiger partial charge in [-0.25, -0.2) is 0 Å². The molecule has 8 heteroatoms. The summed E-state index contributed by atoms with van der Waals surface area (Å²) < 4.78 is 10.4. The van der Waals surface area contributed by atoms with Crippen molar-refractivity contribution < 1.29 is 23.5 Å². The average molecular weight is 437 g/mol. The number of hydrogen-bond acceptors (Lipinski definition) is 5. The second kappa shape index (κ2) is 9.91. The van der Waals surface area contributed by atoms with Crippen molar-refractivity contribution in [2.24, 2.45) is 0 Å². The Morgan fingerprint density at radius 2 is 1.93 bits per heavy atom. The summed E-state index contributed by atoms with van der Waals surface area (Å²) in [6.45, 7) is 3.34. The summed E-state index contributed by atoms with van der Waals surface area (Å²) in [7, 11) is 0. The molecule has 0 spiro atoms. The third-order valence-corrected chi connectivity index (χ3v) is 4.36. The molecular weight excluding hydrogens is 416 g/mol. The van der Waals surface area contributed by atoms with Crippen LogP contribution in [-0.4, -0.2) is 30.9 Å². The molecule has 2 aromatic rings. The number of nitrogens with one attached hydrogen (secondary N) is 2. The predicted molar refractivity (Wildman–Crippen MR) is 103 cm³/mol. The maximum Gasteiger partial charge on any atom is 0.325 e. The standard InChI is InChI=1S/C19H21BrN2O5/c1-3-12(2)13-6-4-5-7-14(13)22-17(23)11-26-18(24)10-21-19(25)15-8-9-16(20)27-15/h4-9,12H,3,10-11H2,1-2H3,(H,21,25)(H,22,23)/t12-/m1/s1. The first-order chi connectivity index (χ1) is 12.9. The molecule has 2 N–H and O–H groups in total. The van der Waals surface area contributed by atoms with Crippen molar-refractivity contribution in [3.05, 3.63) is 52.4 Å². The lowest BCUT2D eigenvalue weighted by Crippen LogP contribution is -2.32. The van der Waals surface area contributed by atoms with Crippen LogP contribution in [0.4, 0.5) is 5.69 Å². The zero-order chi connectivity index (χ0) is 19.8. The molecule has 1 heterocycles. The van der Waals surface area contributed by atoms with Gasteiger partial charge < -0.3 is 19.8 Å². The number of benzene rings is 1. The topological polar surface area (TPSA) is 97.6 Å². The van der Waals surface area contributed by atoms with Crippen molar-refractivity contribution in [2.75, 3.05) is 18.5 Å². The van der Waals surface area contributed by atoms with Crippen LogP contribution in [0, 0.1) is 0 Å². The summed E-state index contributed by atoms with van der Waals surface area (Å²) in [6.07, 6.45) is 0.938. The Morgan fingerprint density at radius 1 is 1.19 bits per heavy atom. The Bertz CT molecular complexity index is 818. The normalized spacial score (nSPS) is 11.5. The van der Waals surface area contributed by atoms with E-state index in [4.69, 9.17) is 9.15 Å². The number of anilines is 1. The molecule has 2 rings (SSSR count). The molecule has 0 saturated heterocycles. The van der Waals surface area contributed by atoms with Crippen LogP contribution in [0.3, 0.4) is 0 Å². The van der Waals surface area contributed by atoms with E-state index in [9.17, 15) is 14.4 Å². The van der Waals surface area contributed by atoms with Crippen molar-refractivity contribution in [2.45, 2.75) is 26.2 Å². The van der Waals surface area contributed by atoms with Gasteiger partial charge >= 0.3 is 5.97 Å². The van der Waals surface area contributed by atoms with Crippen LogP contribution in [0.5, 0.6) is 0 Å². The van der Waals surface area contributed by atoms with Crippen molar-refractivity contribution >= 4 is 39.4 Å². The lowest BCUT2D eigenvalue weighted by atomic mass is 9.97. The Kier molecular flexibility index (Phi) is 7.60. The predicted octanol–water partition coefficient (Wildman–Crippen LogP) is 3.47. The van der Waals surface area contributed by atoms with Crippen LogP contribution in [-0.2, 0) is 14.3 Å². The highest BCUT2D eigenvalue weighted by molar-refractivity contribution is 9.10. The number of ether oxygens (including phenoxy) is 1. The van der Waals surface area contributed by atoms with Gasteiger partial charge in [-0.3, -0.25) is 14.4 Å². The number of furan rings is 1. The second-order valence-electron chi connectivity index (χ2n) is 5.89. The molecule has 27 heavy (non-hydrogen) atoms. The fourth-order valence-electron chi connectivity index (χ4n) is 2.32. The van der Waals surface area contributed by atoms with Crippen LogP contribution in [0.15, 0.2) is 45.5 Å². The van der Waals surface area contributed by atoms with Gasteiger partial charge in [-0.05, 0) is 52.0 Å². The molecule has 7 nitrogen and oxygen atoms in total. The maximum absolute atomic E-state index is 12.0. The van der Waals surface area contributed by atoms with Crippen LogP contribution in [0.1, 0.15) is 42.3 Å². The van der Waals surface area contributed by atoms with Crippen molar-refractivity contribution in [1.29, 1.82) is 0 Å². The molecule has 0 aliphatic rings. The quantitative estimate of drug-likeness (QED) is 0.617. The minimum atomic E-state index is -0.723. The second-order valence-corrected chi connectivity index (χ2v) is 6.67. The molecule has 2 amide bonds. The summed E-state index contributed by atoms with van der Waals surface area (Å²) >= 11 is 3.08. The van der Waals surface area contributed by atoms with E-state index < -0.39 is 24.4 Å². The fourth-order valence-corrected chi connectivity index (χ4v) is 2.63. The minimum absolute atomic E-state index is 0.0640. The SMILES string of the molecule is CC[C@@H](C)c1ccccc1NC(=O)COC(=O)CNC(=O)c1ccc(Br)o1. The molecule has 0 radical (unpaired) electrons. The first kappa shape index (κ1) is 20.7. The van der Waals surface area contributed by atoms with Gasteiger partial charge in [0.05, 0.1) is 0 Å². The smallest absolute Gasteiger partial charge is 0.325 e. The number of esters is 1. The number of halogens is 1. The molecule has 1 atom stereocenters. The number of amides is 2. The van der Waals surface area contributed by atoms with Gasteiger partial charge in [-0.2, -0.15) is 0 Å². The number of hydrogen-bond donors (Lipinski definition) is 2. The van der Waals surface area contributed by atoms with E-state index in [2.05, 4.69) is 40.4 Å². The lowest BCUT2D eigenvalue weighted by Gasteiger charge is -2.15. The highest BCUT2D eigenvalue weighted by Crippen LogP contribution is 2.26. The molecule has 0 fully saturated rings. The molecule has 1 aromatic carbocycles. The summed E-state index contributed by atoms with van der Waals surface area (Å²) in [5.41, 5.74) is 1.72. The largest absolute Gasteiger partial charge is 0.454 e. The van der Waals surface area contributed by atoms with Crippen molar-refractivity contribution in [3.63, 3.8) is 0 Å². The van der Waals surface area contributed by atoms with Crippen LogP contribution in [0.25, 0.3) is 0 Å². The molecule has 144 valence electrons. The minimum Gasteiger partial charge on any atom is -0.454 e. The maximum atomic E-state index is 12.0. The zero-order valence-electron chi connectivity index (χ0n) is 15.1. The highest BCUT2D eigenvalue weighted by atomic mass is 79.9. The van der Waals surface area contributed by atoms with Gasteiger partial charge in [0.15, 0.2) is 17.0 Å². The van der Waals surface area contributed by atoms with Gasteiger partial charge in [0.25, 0.3) is 11.8 Å². The molecular formula is C19H21BrN2O5. The molecule has 0 unspecified atom stereocenters. The third-order valence-electron chi connectivity index (χ3n) is 3.93. The van der Waals surface area contributed by atoms with E-state index in [1.165, 1.54) is 6.07 Å². The van der Waals surface area contributed by atoms with Crippen molar-refractivity contribution in [1.82, 2.24) is 5.32 Å². The van der Waals surface area contributed by atoms with Gasteiger partial charge in [-0.15, -0.1) is 0 Å². The molecule has 0 aliphatic carbocycles. The fraction of sp³-hybridized carbons (Fsp3) is 0.316. The zero-order valence-corrected chi connectivity index (χ0v) is 16.7. The Labute approximate surface area is 165 Å². The van der Waals surface area contributed by atoms with Gasteiger partial charge in [0, 0.05) is 5.69 Å². The molecule has 0 bridgehead atoms. The van der Waals surface area contributed by atoms with E-state index in [0.717, 1.165) is 12.0 Å². The first-order valence-corrected chi connectivity index (χ1v) is 9.28. The summed E-state index contributed by atoms with van der Waals surface area (Å²) in [5.74, 6) is -1.36. The number of para-hydroxylation sites is 1. The van der Waals surface area contributed by atoms with Gasteiger partial charge in [0.2, 0.25) is 0 Å². The van der Waals surface area contributed by atoms with Crippen LogP contribution < -0.4 is 10.6 Å². The summed E-state index contributed by atoms with van der Waals surface area (Å²) in [4.78, 5) is 35.5. The van der Waals surface area contributed by atoms with Crippen LogP contribution >= 0.6 is 15.9 Å². The Hall–Kier alpha value is -2.61. The van der Waals surface area contributed by atoms with E-state index in [-0.39, 0.29) is 12.3 Å². The Balaban J connectivity index is 1.78. The third kappa shape index (κ3) is 6.25. The van der Waals surface area contributed by atoms with Gasteiger partial charge in [0.1, 0.15) is 6.54 Å². The van der Waals surface area contributed by atoms with E-state index in [1.807, 2.05) is 24.3 Å². The monoisotopic (exact) mass is 436 g/mol. The molecule has 0 aliphatic heterocycles. The highest BCUT2D eigenvalue weighted by Gasteiger charge is 2.15.